The molecule has 0 aromatic carbocycles. The van der Waals surface area contributed by atoms with E-state index in [0.717, 1.165) is 0 Å². The van der Waals surface area contributed by atoms with E-state index in [9.17, 15) is 0 Å². The highest BCUT2D eigenvalue weighted by molar-refractivity contribution is 5.33. The third kappa shape index (κ3) is 2.64. The van der Waals surface area contributed by atoms with Gasteiger partial charge in [0.15, 0.2) is 0 Å². The van der Waals surface area contributed by atoms with Gasteiger partial charge in [-0.15, -0.1) is 0 Å². The van der Waals surface area contributed by atoms with Gasteiger partial charge < -0.3 is 4.90 Å². The summed E-state index contributed by atoms with van der Waals surface area (Å²) in [6.45, 7) is 13.6. The Kier molecular flexibility index (Phi) is 3.32. The van der Waals surface area contributed by atoms with E-state index in [1.165, 1.54) is 23.3 Å². The molecular formula is C14H25N. The summed E-state index contributed by atoms with van der Waals surface area (Å²) in [5.74, 6) is 0.690. The number of likely N-dealkylation sites (N-methyl/N-ethyl adjacent to an activating group) is 1. The molecule has 1 nitrogen and oxygen atoms in total. The fourth-order valence-electron chi connectivity index (χ4n) is 2.02. The van der Waals surface area contributed by atoms with E-state index >= 15 is 0 Å². The number of hydrogen-bond acceptors (Lipinski definition) is 1. The van der Waals surface area contributed by atoms with Crippen molar-refractivity contribution in [2.45, 2.75) is 53.5 Å². The Morgan fingerprint density at radius 3 is 2.27 bits per heavy atom. The average Bonchev–Trinajstić information content (AvgIpc) is 2.08. The van der Waals surface area contributed by atoms with E-state index in [2.05, 4.69) is 59.6 Å². The van der Waals surface area contributed by atoms with Crippen LogP contribution in [0.2, 0.25) is 0 Å². The zero-order valence-electron chi connectivity index (χ0n) is 11.3. The molecule has 0 aromatic heterocycles. The lowest BCUT2D eigenvalue weighted by Gasteiger charge is -2.38. The molecule has 0 fully saturated rings. The van der Waals surface area contributed by atoms with Crippen LogP contribution in [0.3, 0.4) is 0 Å². The molecule has 15 heavy (non-hydrogen) atoms. The first-order chi connectivity index (χ1) is 6.73. The van der Waals surface area contributed by atoms with Crippen molar-refractivity contribution in [1.82, 2.24) is 4.90 Å². The standard InChI is InChI=1S/C14H25N/c1-10-8-11(2)12(3)13(9-10)15(7)14(4,5)6/h9,11H,8H2,1-7H3. The topological polar surface area (TPSA) is 3.24 Å². The summed E-state index contributed by atoms with van der Waals surface area (Å²) in [7, 11) is 2.20. The number of allylic oxidation sites excluding steroid dienone is 3. The SMILES string of the molecule is CC1=CC(N(C)C(C)(C)C)=C(C)C(C)C1. The van der Waals surface area contributed by atoms with E-state index in [0.29, 0.717) is 5.92 Å². The third-order valence-electron chi connectivity index (χ3n) is 3.52. The van der Waals surface area contributed by atoms with Gasteiger partial charge in [0.05, 0.1) is 0 Å². The Bertz CT molecular complexity index is 302. The molecular weight excluding hydrogens is 182 g/mol. The van der Waals surface area contributed by atoms with Crippen LogP contribution in [-0.4, -0.2) is 17.5 Å². The Labute approximate surface area is 94.9 Å². The molecule has 86 valence electrons. The minimum atomic E-state index is 0.199. The second-order valence-electron chi connectivity index (χ2n) is 5.89. The quantitative estimate of drug-likeness (QED) is 0.628. The van der Waals surface area contributed by atoms with Crippen molar-refractivity contribution in [2.24, 2.45) is 5.92 Å². The van der Waals surface area contributed by atoms with Gasteiger partial charge in [-0.2, -0.15) is 0 Å². The number of hydrogen-bond donors (Lipinski definition) is 0. The summed E-state index contributed by atoms with van der Waals surface area (Å²) < 4.78 is 0. The molecule has 0 spiro atoms. The van der Waals surface area contributed by atoms with E-state index in [4.69, 9.17) is 0 Å². The van der Waals surface area contributed by atoms with Crippen LogP contribution in [0, 0.1) is 5.92 Å². The van der Waals surface area contributed by atoms with Gasteiger partial charge in [0.25, 0.3) is 0 Å². The molecule has 1 heteroatoms. The maximum atomic E-state index is 2.39. The highest BCUT2D eigenvalue weighted by Gasteiger charge is 2.23. The fourth-order valence-corrected chi connectivity index (χ4v) is 2.02. The normalized spacial score (nSPS) is 22.9. The molecule has 1 aliphatic rings. The summed E-state index contributed by atoms with van der Waals surface area (Å²) in [4.78, 5) is 2.39. The van der Waals surface area contributed by atoms with Gasteiger partial charge >= 0.3 is 0 Å². The number of rotatable bonds is 1. The summed E-state index contributed by atoms with van der Waals surface area (Å²) in [5, 5.41) is 0. The Balaban J connectivity index is 3.07. The minimum Gasteiger partial charge on any atom is -0.370 e. The minimum absolute atomic E-state index is 0.199. The van der Waals surface area contributed by atoms with Gasteiger partial charge in [0.1, 0.15) is 0 Å². The zero-order chi connectivity index (χ0) is 11.8. The highest BCUT2D eigenvalue weighted by atomic mass is 15.2. The molecule has 0 heterocycles. The molecule has 0 saturated carbocycles. The predicted molar refractivity (Wildman–Crippen MR) is 67.8 cm³/mol. The summed E-state index contributed by atoms with van der Waals surface area (Å²) in [6.07, 6.45) is 3.56. The van der Waals surface area contributed by atoms with Crippen LogP contribution in [0.5, 0.6) is 0 Å². The van der Waals surface area contributed by atoms with Crippen molar-refractivity contribution in [1.29, 1.82) is 0 Å². The van der Waals surface area contributed by atoms with E-state index in [1.807, 2.05) is 0 Å². The Hall–Kier alpha value is -0.720. The van der Waals surface area contributed by atoms with Crippen LogP contribution in [0.25, 0.3) is 0 Å². The van der Waals surface area contributed by atoms with Gasteiger partial charge in [0.2, 0.25) is 0 Å². The maximum absolute atomic E-state index is 2.39. The maximum Gasteiger partial charge on any atom is 0.0359 e. The lowest BCUT2D eigenvalue weighted by molar-refractivity contribution is 0.229. The molecule has 1 atom stereocenters. The molecule has 0 amide bonds. The highest BCUT2D eigenvalue weighted by Crippen LogP contribution is 2.32. The first-order valence-electron chi connectivity index (χ1n) is 5.85. The van der Waals surface area contributed by atoms with E-state index in [1.54, 1.807) is 0 Å². The third-order valence-corrected chi connectivity index (χ3v) is 3.52. The Morgan fingerprint density at radius 2 is 1.80 bits per heavy atom. The first kappa shape index (κ1) is 12.4. The molecule has 0 radical (unpaired) electrons. The van der Waals surface area contributed by atoms with Crippen LogP contribution < -0.4 is 0 Å². The molecule has 1 aliphatic carbocycles. The first-order valence-corrected chi connectivity index (χ1v) is 5.85. The van der Waals surface area contributed by atoms with Crippen molar-refractivity contribution in [3.05, 3.63) is 22.9 Å². The molecule has 0 bridgehead atoms. The fraction of sp³-hybridized carbons (Fsp3) is 0.714. The molecule has 1 rings (SSSR count). The largest absolute Gasteiger partial charge is 0.370 e. The summed E-state index contributed by atoms with van der Waals surface area (Å²) in [5.41, 5.74) is 4.64. The van der Waals surface area contributed by atoms with E-state index < -0.39 is 0 Å². The smallest absolute Gasteiger partial charge is 0.0359 e. The van der Waals surface area contributed by atoms with Crippen LogP contribution >= 0.6 is 0 Å². The second-order valence-corrected chi connectivity index (χ2v) is 5.89. The monoisotopic (exact) mass is 207 g/mol. The van der Waals surface area contributed by atoms with Gasteiger partial charge in [-0.3, -0.25) is 0 Å². The van der Waals surface area contributed by atoms with Crippen molar-refractivity contribution < 1.29 is 0 Å². The van der Waals surface area contributed by atoms with E-state index in [-0.39, 0.29) is 5.54 Å². The predicted octanol–water partition coefficient (Wildman–Crippen LogP) is 3.98. The van der Waals surface area contributed by atoms with Crippen LogP contribution in [0.15, 0.2) is 22.9 Å². The number of nitrogens with zero attached hydrogens (tertiary/aromatic N) is 1. The van der Waals surface area contributed by atoms with Crippen molar-refractivity contribution in [2.75, 3.05) is 7.05 Å². The van der Waals surface area contributed by atoms with Gasteiger partial charge in [-0.1, -0.05) is 12.5 Å². The summed E-state index contributed by atoms with van der Waals surface area (Å²) >= 11 is 0. The Morgan fingerprint density at radius 1 is 1.27 bits per heavy atom. The lowest BCUT2D eigenvalue weighted by Crippen LogP contribution is -2.38. The van der Waals surface area contributed by atoms with Crippen LogP contribution in [-0.2, 0) is 0 Å². The summed E-state index contributed by atoms with van der Waals surface area (Å²) in [6, 6.07) is 0. The molecule has 0 aromatic rings. The molecule has 0 N–H and O–H groups in total. The zero-order valence-corrected chi connectivity index (χ0v) is 11.3. The molecule has 0 saturated heterocycles. The molecule has 1 unspecified atom stereocenters. The van der Waals surface area contributed by atoms with Gasteiger partial charge in [-0.05, 0) is 58.6 Å². The van der Waals surface area contributed by atoms with Crippen molar-refractivity contribution in [3.63, 3.8) is 0 Å². The van der Waals surface area contributed by atoms with Crippen molar-refractivity contribution in [3.8, 4) is 0 Å². The average molecular weight is 207 g/mol. The van der Waals surface area contributed by atoms with Gasteiger partial charge in [0, 0.05) is 18.3 Å². The second kappa shape index (κ2) is 4.03. The molecule has 0 aliphatic heterocycles. The lowest BCUT2D eigenvalue weighted by atomic mass is 9.87. The van der Waals surface area contributed by atoms with Crippen LogP contribution in [0.1, 0.15) is 48.0 Å². The van der Waals surface area contributed by atoms with Crippen LogP contribution in [0.4, 0.5) is 0 Å². The van der Waals surface area contributed by atoms with Gasteiger partial charge in [-0.25, -0.2) is 0 Å². The van der Waals surface area contributed by atoms with Crippen molar-refractivity contribution >= 4 is 0 Å².